The Labute approximate surface area is 145 Å². The molecule has 0 radical (unpaired) electrons. The maximum Gasteiger partial charge on any atom is 0.118 e. The standard InChI is InChI=1S/C20H18N4O/c1-25-16-7-4-13(5-8-16)20-19(18-3-2-10-24(18)23-20)14-6-9-17-15(11-14)12-21-22-17/h4-9,11-12H,2-3,10H2,1H3,(H,21,22). The van der Waals surface area contributed by atoms with Crippen LogP contribution in [0.2, 0.25) is 0 Å². The van der Waals surface area contributed by atoms with Crippen molar-refractivity contribution in [3.05, 3.63) is 54.4 Å². The zero-order valence-corrected chi connectivity index (χ0v) is 14.0. The number of methoxy groups -OCH3 is 1. The highest BCUT2D eigenvalue weighted by atomic mass is 16.5. The SMILES string of the molecule is COc1ccc(-c2nn3c(c2-c2ccc4[nH]ncc4c2)CCC3)cc1. The number of rotatable bonds is 3. The van der Waals surface area contributed by atoms with Gasteiger partial charge in [-0.15, -0.1) is 0 Å². The average molecular weight is 330 g/mol. The zero-order valence-electron chi connectivity index (χ0n) is 14.0. The van der Waals surface area contributed by atoms with Crippen LogP contribution in [0.5, 0.6) is 5.75 Å². The van der Waals surface area contributed by atoms with Crippen molar-refractivity contribution < 1.29 is 4.74 Å². The van der Waals surface area contributed by atoms with Crippen LogP contribution in [0.4, 0.5) is 0 Å². The van der Waals surface area contributed by atoms with E-state index in [-0.39, 0.29) is 0 Å². The Balaban J connectivity index is 1.71. The molecule has 2 aromatic heterocycles. The molecule has 0 saturated carbocycles. The van der Waals surface area contributed by atoms with E-state index in [0.29, 0.717) is 0 Å². The third-order valence-corrected chi connectivity index (χ3v) is 4.93. The van der Waals surface area contributed by atoms with Gasteiger partial charge < -0.3 is 4.74 Å². The largest absolute Gasteiger partial charge is 0.497 e. The quantitative estimate of drug-likeness (QED) is 0.616. The van der Waals surface area contributed by atoms with Crippen molar-refractivity contribution in [2.45, 2.75) is 19.4 Å². The summed E-state index contributed by atoms with van der Waals surface area (Å²) in [5.41, 5.74) is 6.98. The van der Waals surface area contributed by atoms with E-state index in [0.717, 1.165) is 47.3 Å². The third-order valence-electron chi connectivity index (χ3n) is 4.93. The molecule has 0 spiro atoms. The molecule has 5 nitrogen and oxygen atoms in total. The van der Waals surface area contributed by atoms with Gasteiger partial charge >= 0.3 is 0 Å². The van der Waals surface area contributed by atoms with Crippen LogP contribution in [0.15, 0.2) is 48.7 Å². The average Bonchev–Trinajstić information content (AvgIpc) is 3.36. The van der Waals surface area contributed by atoms with Gasteiger partial charge in [0.2, 0.25) is 0 Å². The number of nitrogens with one attached hydrogen (secondary N) is 1. The fourth-order valence-corrected chi connectivity index (χ4v) is 3.68. The zero-order chi connectivity index (χ0) is 16.8. The monoisotopic (exact) mass is 330 g/mol. The second-order valence-electron chi connectivity index (χ2n) is 6.40. The molecule has 124 valence electrons. The van der Waals surface area contributed by atoms with Crippen LogP contribution >= 0.6 is 0 Å². The number of hydrogen-bond donors (Lipinski definition) is 1. The molecule has 0 amide bonds. The summed E-state index contributed by atoms with van der Waals surface area (Å²) in [7, 11) is 1.69. The van der Waals surface area contributed by atoms with Gasteiger partial charge in [-0.05, 0) is 54.8 Å². The Morgan fingerprint density at radius 1 is 1.08 bits per heavy atom. The normalized spacial score (nSPS) is 13.3. The van der Waals surface area contributed by atoms with Crippen molar-refractivity contribution in [3.63, 3.8) is 0 Å². The molecule has 0 fully saturated rings. The van der Waals surface area contributed by atoms with E-state index in [9.17, 15) is 0 Å². The van der Waals surface area contributed by atoms with E-state index in [1.807, 2.05) is 18.3 Å². The Bertz CT molecular complexity index is 1060. The highest BCUT2D eigenvalue weighted by Gasteiger charge is 2.24. The lowest BCUT2D eigenvalue weighted by molar-refractivity contribution is 0.415. The maximum absolute atomic E-state index is 5.28. The highest BCUT2D eigenvalue weighted by molar-refractivity contribution is 5.89. The smallest absolute Gasteiger partial charge is 0.118 e. The summed E-state index contributed by atoms with van der Waals surface area (Å²) < 4.78 is 7.45. The first-order chi connectivity index (χ1) is 12.3. The summed E-state index contributed by atoms with van der Waals surface area (Å²) in [4.78, 5) is 0. The topological polar surface area (TPSA) is 55.7 Å². The Kier molecular flexibility index (Phi) is 3.13. The molecule has 2 aromatic carbocycles. The molecule has 3 heterocycles. The van der Waals surface area contributed by atoms with Gasteiger partial charge in [0.15, 0.2) is 0 Å². The Hall–Kier alpha value is -3.08. The minimum Gasteiger partial charge on any atom is -0.497 e. The lowest BCUT2D eigenvalue weighted by atomic mass is 9.97. The van der Waals surface area contributed by atoms with Crippen molar-refractivity contribution in [1.82, 2.24) is 20.0 Å². The van der Waals surface area contributed by atoms with Gasteiger partial charge in [0, 0.05) is 28.8 Å². The molecule has 0 aliphatic carbocycles. The summed E-state index contributed by atoms with van der Waals surface area (Å²) in [6.45, 7) is 0.993. The van der Waals surface area contributed by atoms with E-state index in [1.54, 1.807) is 7.11 Å². The molecule has 0 unspecified atom stereocenters. The Morgan fingerprint density at radius 3 is 2.76 bits per heavy atom. The van der Waals surface area contributed by atoms with Crippen molar-refractivity contribution in [2.75, 3.05) is 7.11 Å². The molecule has 1 aliphatic rings. The fourth-order valence-electron chi connectivity index (χ4n) is 3.68. The summed E-state index contributed by atoms with van der Waals surface area (Å²) in [5.74, 6) is 0.858. The number of aromatic amines is 1. The van der Waals surface area contributed by atoms with Crippen LogP contribution in [0.25, 0.3) is 33.3 Å². The number of ether oxygens (including phenoxy) is 1. The first-order valence-corrected chi connectivity index (χ1v) is 8.51. The second-order valence-corrected chi connectivity index (χ2v) is 6.40. The summed E-state index contributed by atoms with van der Waals surface area (Å²) >= 11 is 0. The molecule has 25 heavy (non-hydrogen) atoms. The molecule has 5 heteroatoms. The molecule has 5 rings (SSSR count). The summed E-state index contributed by atoms with van der Waals surface area (Å²) in [6, 6.07) is 14.6. The van der Waals surface area contributed by atoms with Crippen LogP contribution < -0.4 is 4.74 Å². The third kappa shape index (κ3) is 2.23. The number of fused-ring (bicyclic) bond motifs is 2. The van der Waals surface area contributed by atoms with Crippen LogP contribution in [0, 0.1) is 0 Å². The van der Waals surface area contributed by atoms with E-state index in [2.05, 4.69) is 45.2 Å². The van der Waals surface area contributed by atoms with E-state index < -0.39 is 0 Å². The second kappa shape index (κ2) is 5.48. The van der Waals surface area contributed by atoms with E-state index in [1.165, 1.54) is 16.8 Å². The van der Waals surface area contributed by atoms with Gasteiger partial charge in [-0.25, -0.2) is 0 Å². The summed E-state index contributed by atoms with van der Waals surface area (Å²) in [5, 5.41) is 13.2. The number of aryl methyl sites for hydroxylation is 1. The van der Waals surface area contributed by atoms with Crippen LogP contribution in [0.1, 0.15) is 12.1 Å². The number of benzene rings is 2. The number of H-pyrrole nitrogens is 1. The minimum atomic E-state index is 0.858. The van der Waals surface area contributed by atoms with Crippen molar-refractivity contribution >= 4 is 10.9 Å². The van der Waals surface area contributed by atoms with Crippen molar-refractivity contribution in [3.8, 4) is 28.1 Å². The molecular formula is C20H18N4O. The molecule has 4 aromatic rings. The van der Waals surface area contributed by atoms with Crippen LogP contribution in [-0.2, 0) is 13.0 Å². The van der Waals surface area contributed by atoms with Gasteiger partial charge in [-0.1, -0.05) is 6.07 Å². The molecular weight excluding hydrogens is 312 g/mol. The van der Waals surface area contributed by atoms with E-state index in [4.69, 9.17) is 9.84 Å². The Morgan fingerprint density at radius 2 is 1.92 bits per heavy atom. The van der Waals surface area contributed by atoms with Gasteiger partial charge in [0.1, 0.15) is 11.4 Å². The summed E-state index contributed by atoms with van der Waals surface area (Å²) in [6.07, 6.45) is 4.10. The highest BCUT2D eigenvalue weighted by Crippen LogP contribution is 2.38. The first kappa shape index (κ1) is 14.3. The van der Waals surface area contributed by atoms with Crippen LogP contribution in [-0.4, -0.2) is 27.1 Å². The first-order valence-electron chi connectivity index (χ1n) is 8.51. The molecule has 0 atom stereocenters. The van der Waals surface area contributed by atoms with Gasteiger partial charge in [0.25, 0.3) is 0 Å². The van der Waals surface area contributed by atoms with E-state index >= 15 is 0 Å². The number of hydrogen-bond acceptors (Lipinski definition) is 3. The molecule has 1 N–H and O–H groups in total. The molecule has 0 bridgehead atoms. The fraction of sp³-hybridized carbons (Fsp3) is 0.200. The lowest BCUT2D eigenvalue weighted by Gasteiger charge is -2.07. The van der Waals surface area contributed by atoms with Crippen molar-refractivity contribution in [1.29, 1.82) is 0 Å². The minimum absolute atomic E-state index is 0.858. The van der Waals surface area contributed by atoms with Crippen molar-refractivity contribution in [2.24, 2.45) is 0 Å². The lowest BCUT2D eigenvalue weighted by Crippen LogP contribution is -1.94. The predicted molar refractivity (Wildman–Crippen MR) is 97.6 cm³/mol. The van der Waals surface area contributed by atoms with Gasteiger partial charge in [-0.3, -0.25) is 9.78 Å². The maximum atomic E-state index is 5.28. The molecule has 1 aliphatic heterocycles. The molecule has 0 saturated heterocycles. The van der Waals surface area contributed by atoms with Crippen LogP contribution in [0.3, 0.4) is 0 Å². The van der Waals surface area contributed by atoms with Gasteiger partial charge in [-0.2, -0.15) is 10.2 Å². The van der Waals surface area contributed by atoms with Gasteiger partial charge in [0.05, 0.1) is 18.8 Å². The number of aromatic nitrogens is 4. The number of nitrogens with zero attached hydrogens (tertiary/aromatic N) is 3. The predicted octanol–water partition coefficient (Wildman–Crippen LogP) is 4.05.